The van der Waals surface area contributed by atoms with Gasteiger partial charge in [-0.1, -0.05) is 30.0 Å². The van der Waals surface area contributed by atoms with Gasteiger partial charge in [0.05, 0.1) is 40.9 Å². The zero-order valence-electron chi connectivity index (χ0n) is 27.1. The Bertz CT molecular complexity index is 1790. The predicted octanol–water partition coefficient (Wildman–Crippen LogP) is 5.98. The first-order valence-electron chi connectivity index (χ1n) is 15.7. The first-order valence-corrected chi connectivity index (χ1v) is 16.9. The van der Waals surface area contributed by atoms with Gasteiger partial charge in [0, 0.05) is 44.0 Å². The summed E-state index contributed by atoms with van der Waals surface area (Å²) in [4.78, 5) is 26.7. The first kappa shape index (κ1) is 39.0. The Hall–Kier alpha value is -4.20. The highest BCUT2D eigenvalue weighted by atomic mass is 32.2. The minimum Gasteiger partial charge on any atom is -0.492 e. The second-order valence-electron chi connectivity index (χ2n) is 11.6. The molecule has 2 saturated heterocycles. The fourth-order valence-corrected chi connectivity index (χ4v) is 6.39. The summed E-state index contributed by atoms with van der Waals surface area (Å²) in [6.45, 7) is 3.12. The summed E-state index contributed by atoms with van der Waals surface area (Å²) < 4.78 is 93.3. The van der Waals surface area contributed by atoms with Crippen LogP contribution in [0.1, 0.15) is 27.0 Å². The maximum atomic E-state index is 13.6. The van der Waals surface area contributed by atoms with E-state index >= 15 is 0 Å². The number of nitrogens with zero attached hydrogens (tertiary/aromatic N) is 2. The van der Waals surface area contributed by atoms with Crippen LogP contribution in [0.3, 0.4) is 0 Å². The van der Waals surface area contributed by atoms with Gasteiger partial charge in [0.1, 0.15) is 12.4 Å². The van der Waals surface area contributed by atoms with E-state index in [1.54, 1.807) is 0 Å². The minimum absolute atomic E-state index is 0.0187. The quantitative estimate of drug-likeness (QED) is 0.0934. The van der Waals surface area contributed by atoms with Gasteiger partial charge in [0.15, 0.2) is 4.32 Å². The van der Waals surface area contributed by atoms with Crippen LogP contribution in [0.5, 0.6) is 5.75 Å². The number of carbonyl (C=O) groups excluding carboxylic acids is 1. The van der Waals surface area contributed by atoms with Gasteiger partial charge in [0.2, 0.25) is 0 Å². The normalized spacial score (nSPS) is 17.1. The highest BCUT2D eigenvalue weighted by Crippen LogP contribution is 2.40. The summed E-state index contributed by atoms with van der Waals surface area (Å²) in [5, 5.41) is 23.5. The number of aliphatic hydroxyl groups is 1. The van der Waals surface area contributed by atoms with Gasteiger partial charge in [-0.3, -0.25) is 9.69 Å². The average molecular weight is 771 g/mol. The number of carboxylic acids is 1. The van der Waals surface area contributed by atoms with E-state index < -0.39 is 41.5 Å². The number of thioether (sulfide) groups is 1. The molecule has 3 aromatic rings. The minimum atomic E-state index is -5.04. The number of halogens is 6. The van der Waals surface area contributed by atoms with Crippen LogP contribution >= 0.6 is 24.0 Å². The number of carbonyl (C=O) groups is 2. The third-order valence-corrected chi connectivity index (χ3v) is 9.24. The number of anilines is 1. The van der Waals surface area contributed by atoms with E-state index in [1.807, 2.05) is 0 Å². The van der Waals surface area contributed by atoms with E-state index in [9.17, 15) is 41.0 Å². The lowest BCUT2D eigenvalue weighted by atomic mass is 9.97. The highest BCUT2D eigenvalue weighted by Gasteiger charge is 2.37. The van der Waals surface area contributed by atoms with Crippen LogP contribution in [0.15, 0.2) is 65.6 Å². The van der Waals surface area contributed by atoms with Crippen LogP contribution < -0.4 is 15.5 Å². The number of hydrogen-bond acceptors (Lipinski definition) is 10. The molecule has 0 radical (unpaired) electrons. The molecule has 5 rings (SSSR count). The number of amides is 1. The second-order valence-corrected chi connectivity index (χ2v) is 13.3. The smallest absolute Gasteiger partial charge is 0.416 e. The van der Waals surface area contributed by atoms with E-state index in [0.29, 0.717) is 50.7 Å². The SMILES string of the molecule is O=C(O)c1ccc(NCC(O)CNN2C(=O)C(=Cc3cc(-c4cc(C(F)(F)F)cc(C(F)(F)F)c4)ccc3OCCN3CCOCC3)SC2=S)cc1. The predicted molar refractivity (Wildman–Crippen MR) is 186 cm³/mol. The summed E-state index contributed by atoms with van der Waals surface area (Å²) in [5.74, 6) is -1.46. The van der Waals surface area contributed by atoms with E-state index in [-0.39, 0.29) is 63.0 Å². The van der Waals surface area contributed by atoms with E-state index in [2.05, 4.69) is 15.6 Å². The molecule has 0 aromatic heterocycles. The van der Waals surface area contributed by atoms with Crippen molar-refractivity contribution < 1.29 is 55.6 Å². The Morgan fingerprint density at radius 2 is 1.62 bits per heavy atom. The van der Waals surface area contributed by atoms with Crippen LogP contribution in [0, 0.1) is 0 Å². The summed E-state index contributed by atoms with van der Waals surface area (Å²) in [7, 11) is 0. The zero-order valence-corrected chi connectivity index (χ0v) is 28.7. The molecule has 1 unspecified atom stereocenters. The lowest BCUT2D eigenvalue weighted by Crippen LogP contribution is -2.46. The molecular weight excluding hydrogens is 739 g/mol. The molecule has 0 bridgehead atoms. The Balaban J connectivity index is 1.35. The van der Waals surface area contributed by atoms with Crippen molar-refractivity contribution in [2.75, 3.05) is 57.9 Å². The zero-order chi connectivity index (χ0) is 37.6. The molecule has 10 nitrogen and oxygen atoms in total. The summed E-state index contributed by atoms with van der Waals surface area (Å²) in [6, 6.07) is 11.3. The molecule has 2 aliphatic rings. The van der Waals surface area contributed by atoms with Crippen LogP contribution in [-0.4, -0.2) is 95.0 Å². The van der Waals surface area contributed by atoms with Gasteiger partial charge >= 0.3 is 18.3 Å². The number of ether oxygens (including phenoxy) is 2. The summed E-state index contributed by atoms with van der Waals surface area (Å²) in [5.41, 5.74) is 0.383. The van der Waals surface area contributed by atoms with Gasteiger partial charge in [-0.15, -0.1) is 0 Å². The van der Waals surface area contributed by atoms with Crippen LogP contribution in [-0.2, 0) is 21.9 Å². The molecule has 18 heteroatoms. The van der Waals surface area contributed by atoms with Gasteiger partial charge in [-0.05, 0) is 71.8 Å². The number of nitrogens with one attached hydrogen (secondary N) is 2. The van der Waals surface area contributed by atoms with Crippen molar-refractivity contribution in [1.82, 2.24) is 15.3 Å². The van der Waals surface area contributed by atoms with E-state index in [1.165, 1.54) is 48.5 Å². The molecule has 278 valence electrons. The largest absolute Gasteiger partial charge is 0.492 e. The highest BCUT2D eigenvalue weighted by molar-refractivity contribution is 8.26. The van der Waals surface area contributed by atoms with Crippen molar-refractivity contribution in [2.45, 2.75) is 18.5 Å². The van der Waals surface area contributed by atoms with E-state index in [0.717, 1.165) is 16.8 Å². The Kier molecular flexibility index (Phi) is 12.5. The molecule has 0 aliphatic carbocycles. The number of thiocarbonyl (C=S) groups is 1. The number of rotatable bonds is 13. The molecule has 1 amide bonds. The molecular formula is C34H32F6N4O6S2. The van der Waals surface area contributed by atoms with Crippen molar-refractivity contribution in [1.29, 1.82) is 0 Å². The lowest BCUT2D eigenvalue weighted by Gasteiger charge is -2.26. The molecule has 52 heavy (non-hydrogen) atoms. The summed E-state index contributed by atoms with van der Waals surface area (Å²) in [6.07, 6.45) is -9.71. The number of alkyl halides is 6. The molecule has 2 aliphatic heterocycles. The number of benzene rings is 3. The molecule has 3 aromatic carbocycles. The Labute approximate surface area is 303 Å². The number of hydrogen-bond donors (Lipinski definition) is 4. The Morgan fingerprint density at radius 1 is 0.962 bits per heavy atom. The third kappa shape index (κ3) is 10.2. The van der Waals surface area contributed by atoms with Gasteiger partial charge < -0.3 is 25.0 Å². The molecule has 2 heterocycles. The summed E-state index contributed by atoms with van der Waals surface area (Å²) >= 11 is 6.27. The van der Waals surface area contributed by atoms with Gasteiger partial charge in [0.25, 0.3) is 5.91 Å². The van der Waals surface area contributed by atoms with Crippen LogP contribution in [0.2, 0.25) is 0 Å². The van der Waals surface area contributed by atoms with Crippen molar-refractivity contribution in [2.24, 2.45) is 0 Å². The second kappa shape index (κ2) is 16.6. The Morgan fingerprint density at radius 3 is 2.23 bits per heavy atom. The molecule has 0 spiro atoms. The van der Waals surface area contributed by atoms with Gasteiger partial charge in [-0.25, -0.2) is 15.2 Å². The standard InChI is InChI=1S/C34H32F6N4O6S2/c35-33(36,37)24-14-22(15-25(17-24)34(38,39)40)21-3-6-28(50-12-9-43-7-10-49-11-8-43)23(13-21)16-29-30(46)44(32(51)52-29)42-19-27(45)18-41-26-4-1-20(2-5-26)31(47)48/h1-6,13-17,27,41-42,45H,7-12,18-19H2,(H,47,48). The van der Waals surface area contributed by atoms with Gasteiger partial charge in [-0.2, -0.15) is 26.3 Å². The van der Waals surface area contributed by atoms with Crippen LogP contribution in [0.25, 0.3) is 17.2 Å². The number of hydrazine groups is 1. The molecule has 2 fully saturated rings. The molecule has 4 N–H and O–H groups in total. The number of aromatic carboxylic acids is 1. The van der Waals surface area contributed by atoms with Crippen molar-refractivity contribution in [3.8, 4) is 16.9 Å². The monoisotopic (exact) mass is 770 g/mol. The lowest BCUT2D eigenvalue weighted by molar-refractivity contribution is -0.143. The van der Waals surface area contributed by atoms with Crippen LogP contribution in [0.4, 0.5) is 32.0 Å². The number of aliphatic hydroxyl groups excluding tert-OH is 1. The maximum Gasteiger partial charge on any atom is 0.416 e. The van der Waals surface area contributed by atoms with Crippen molar-refractivity contribution in [3.63, 3.8) is 0 Å². The average Bonchev–Trinajstić information content (AvgIpc) is 3.37. The fraction of sp³-hybridized carbons (Fsp3) is 0.324. The fourth-order valence-electron chi connectivity index (χ4n) is 5.18. The number of carboxylic acid groups (broad SMARTS) is 1. The topological polar surface area (TPSA) is 124 Å². The maximum absolute atomic E-state index is 13.6. The molecule has 1 atom stereocenters. The van der Waals surface area contributed by atoms with E-state index in [4.69, 9.17) is 26.8 Å². The van der Waals surface area contributed by atoms with Crippen molar-refractivity contribution >= 4 is 51.9 Å². The first-order chi connectivity index (χ1) is 24.6. The third-order valence-electron chi connectivity index (χ3n) is 7.94. The molecule has 0 saturated carbocycles. The number of morpholine rings is 1. The van der Waals surface area contributed by atoms with Crippen molar-refractivity contribution in [3.05, 3.63) is 87.8 Å².